The van der Waals surface area contributed by atoms with Crippen molar-refractivity contribution in [1.29, 1.82) is 0 Å². The van der Waals surface area contributed by atoms with Crippen LogP contribution in [0.15, 0.2) is 27.8 Å². The summed E-state index contributed by atoms with van der Waals surface area (Å²) < 4.78 is 5.57. The highest BCUT2D eigenvalue weighted by Gasteiger charge is 2.11. The standard InChI is InChI=1S/C13H16BrN3O4/c1-21-6-2-5-15-12(19)13(20)17-16-8-9-7-10(14)3-4-11(9)18/h3-4,7-8,18H,2,5-6H2,1H3,(H,15,19)(H,17,20)/b16-8-. The van der Waals surface area contributed by atoms with E-state index in [1.54, 1.807) is 19.2 Å². The molecular formula is C13H16BrN3O4. The van der Waals surface area contributed by atoms with Gasteiger partial charge in [0.05, 0.1) is 6.21 Å². The number of halogens is 1. The number of amides is 2. The van der Waals surface area contributed by atoms with Gasteiger partial charge in [-0.3, -0.25) is 9.59 Å². The van der Waals surface area contributed by atoms with Crippen molar-refractivity contribution >= 4 is 34.0 Å². The van der Waals surface area contributed by atoms with Crippen molar-refractivity contribution in [2.45, 2.75) is 6.42 Å². The number of aromatic hydroxyl groups is 1. The Bertz CT molecular complexity index is 534. The number of nitrogens with zero attached hydrogens (tertiary/aromatic N) is 1. The van der Waals surface area contributed by atoms with Crippen molar-refractivity contribution in [1.82, 2.24) is 10.7 Å². The van der Waals surface area contributed by atoms with E-state index in [1.807, 2.05) is 0 Å². The maximum absolute atomic E-state index is 11.4. The molecule has 1 aromatic carbocycles. The van der Waals surface area contributed by atoms with Gasteiger partial charge >= 0.3 is 11.8 Å². The SMILES string of the molecule is COCCCNC(=O)C(=O)N/N=C\c1cc(Br)ccc1O. The fraction of sp³-hybridized carbons (Fsp3) is 0.308. The largest absolute Gasteiger partial charge is 0.507 e. The predicted molar refractivity (Wildman–Crippen MR) is 81.0 cm³/mol. The number of nitrogens with one attached hydrogen (secondary N) is 2. The first-order chi connectivity index (χ1) is 10.0. The molecule has 114 valence electrons. The lowest BCUT2D eigenvalue weighted by molar-refractivity contribution is -0.139. The molecule has 0 radical (unpaired) electrons. The first kappa shape index (κ1) is 17.1. The van der Waals surface area contributed by atoms with E-state index < -0.39 is 11.8 Å². The molecule has 3 N–H and O–H groups in total. The van der Waals surface area contributed by atoms with Crippen LogP contribution in [0.4, 0.5) is 0 Å². The summed E-state index contributed by atoms with van der Waals surface area (Å²) in [6.07, 6.45) is 1.86. The average molecular weight is 358 g/mol. The number of rotatable bonds is 6. The lowest BCUT2D eigenvalue weighted by Gasteiger charge is -2.03. The summed E-state index contributed by atoms with van der Waals surface area (Å²) in [4.78, 5) is 22.8. The fourth-order valence-corrected chi connectivity index (χ4v) is 1.72. The molecule has 0 aliphatic rings. The van der Waals surface area contributed by atoms with Gasteiger partial charge in [-0.05, 0) is 24.6 Å². The van der Waals surface area contributed by atoms with Crippen LogP contribution < -0.4 is 10.7 Å². The third-order valence-electron chi connectivity index (χ3n) is 2.38. The van der Waals surface area contributed by atoms with Crippen LogP contribution in [0.2, 0.25) is 0 Å². The molecule has 2 amide bonds. The number of carbonyl (C=O) groups excluding carboxylic acids is 2. The molecule has 0 bridgehead atoms. The van der Waals surface area contributed by atoms with Crippen molar-refractivity contribution in [3.63, 3.8) is 0 Å². The second-order valence-corrected chi connectivity index (χ2v) is 4.92. The van der Waals surface area contributed by atoms with E-state index in [1.165, 1.54) is 12.3 Å². The fourth-order valence-electron chi connectivity index (χ4n) is 1.34. The summed E-state index contributed by atoms with van der Waals surface area (Å²) in [6.45, 7) is 0.846. The molecular weight excluding hydrogens is 342 g/mol. The zero-order valence-electron chi connectivity index (χ0n) is 11.4. The normalized spacial score (nSPS) is 10.6. The number of ether oxygens (including phenoxy) is 1. The van der Waals surface area contributed by atoms with Gasteiger partial charge in [-0.2, -0.15) is 5.10 Å². The molecule has 0 aliphatic carbocycles. The molecule has 0 atom stereocenters. The van der Waals surface area contributed by atoms with Crippen LogP contribution in [-0.4, -0.2) is 43.4 Å². The second kappa shape index (κ2) is 9.09. The second-order valence-electron chi connectivity index (χ2n) is 4.00. The number of hydrazone groups is 1. The van der Waals surface area contributed by atoms with E-state index in [9.17, 15) is 14.7 Å². The van der Waals surface area contributed by atoms with E-state index in [0.717, 1.165) is 4.47 Å². The topological polar surface area (TPSA) is 100 Å². The zero-order chi connectivity index (χ0) is 15.7. The van der Waals surface area contributed by atoms with Crippen molar-refractivity contribution in [3.05, 3.63) is 28.2 Å². The Morgan fingerprint density at radius 3 is 2.90 bits per heavy atom. The monoisotopic (exact) mass is 357 g/mol. The number of carbonyl (C=O) groups is 2. The Kier molecular flexibility index (Phi) is 7.41. The molecule has 0 spiro atoms. The maximum atomic E-state index is 11.4. The highest BCUT2D eigenvalue weighted by molar-refractivity contribution is 9.10. The molecule has 8 heteroatoms. The minimum absolute atomic E-state index is 0.0141. The summed E-state index contributed by atoms with van der Waals surface area (Å²) in [7, 11) is 1.56. The number of hydrogen-bond donors (Lipinski definition) is 3. The first-order valence-corrected chi connectivity index (χ1v) is 6.92. The minimum Gasteiger partial charge on any atom is -0.507 e. The highest BCUT2D eigenvalue weighted by atomic mass is 79.9. The van der Waals surface area contributed by atoms with Crippen LogP contribution in [0.25, 0.3) is 0 Å². The predicted octanol–water partition coefficient (Wildman–Crippen LogP) is 0.758. The van der Waals surface area contributed by atoms with E-state index in [4.69, 9.17) is 4.74 Å². The van der Waals surface area contributed by atoms with Crippen LogP contribution in [0, 0.1) is 0 Å². The summed E-state index contributed by atoms with van der Waals surface area (Å²) >= 11 is 3.25. The summed E-state index contributed by atoms with van der Waals surface area (Å²) in [5.74, 6) is -1.64. The molecule has 7 nitrogen and oxygen atoms in total. The number of methoxy groups -OCH3 is 1. The number of phenols is 1. The summed E-state index contributed by atoms with van der Waals surface area (Å²) in [5, 5.41) is 15.6. The smallest absolute Gasteiger partial charge is 0.329 e. The lowest BCUT2D eigenvalue weighted by atomic mass is 10.2. The van der Waals surface area contributed by atoms with E-state index in [0.29, 0.717) is 25.1 Å². The molecule has 0 aliphatic heterocycles. The zero-order valence-corrected chi connectivity index (χ0v) is 13.0. The Labute approximate surface area is 130 Å². The molecule has 0 unspecified atom stereocenters. The molecule has 0 saturated heterocycles. The average Bonchev–Trinajstić information content (AvgIpc) is 2.46. The summed E-state index contributed by atoms with van der Waals surface area (Å²) in [5.41, 5.74) is 2.49. The number of hydrogen-bond acceptors (Lipinski definition) is 5. The van der Waals surface area contributed by atoms with Crippen LogP contribution in [0.1, 0.15) is 12.0 Å². The van der Waals surface area contributed by atoms with Gasteiger partial charge in [0.1, 0.15) is 5.75 Å². The van der Waals surface area contributed by atoms with Crippen molar-refractivity contribution in [3.8, 4) is 5.75 Å². The van der Waals surface area contributed by atoms with Crippen LogP contribution in [-0.2, 0) is 14.3 Å². The van der Waals surface area contributed by atoms with Gasteiger partial charge < -0.3 is 15.2 Å². The van der Waals surface area contributed by atoms with Gasteiger partial charge in [0.2, 0.25) is 0 Å². The Balaban J connectivity index is 2.43. The van der Waals surface area contributed by atoms with Crippen LogP contribution in [0.5, 0.6) is 5.75 Å². The molecule has 0 fully saturated rings. The summed E-state index contributed by atoms with van der Waals surface area (Å²) in [6, 6.07) is 4.77. The third-order valence-corrected chi connectivity index (χ3v) is 2.87. The number of benzene rings is 1. The van der Waals surface area contributed by atoms with Crippen molar-refractivity contribution < 1.29 is 19.4 Å². The Morgan fingerprint density at radius 2 is 2.19 bits per heavy atom. The van der Waals surface area contributed by atoms with Crippen molar-refractivity contribution in [2.24, 2.45) is 5.10 Å². The van der Waals surface area contributed by atoms with Gasteiger partial charge in [0.15, 0.2) is 0 Å². The third kappa shape index (κ3) is 6.37. The number of phenolic OH excluding ortho intramolecular Hbond substituents is 1. The van der Waals surface area contributed by atoms with Crippen molar-refractivity contribution in [2.75, 3.05) is 20.3 Å². The molecule has 0 aromatic heterocycles. The van der Waals surface area contributed by atoms with E-state index in [2.05, 4.69) is 31.8 Å². The van der Waals surface area contributed by atoms with E-state index >= 15 is 0 Å². The van der Waals surface area contributed by atoms with Gasteiger partial charge in [0, 0.05) is 30.3 Å². The molecule has 0 saturated carbocycles. The molecule has 1 aromatic rings. The highest BCUT2D eigenvalue weighted by Crippen LogP contribution is 2.19. The quantitative estimate of drug-likeness (QED) is 0.303. The Hall–Kier alpha value is -1.93. The van der Waals surface area contributed by atoms with Crippen LogP contribution >= 0.6 is 15.9 Å². The molecule has 1 rings (SSSR count). The van der Waals surface area contributed by atoms with Gasteiger partial charge in [-0.15, -0.1) is 0 Å². The van der Waals surface area contributed by atoms with Gasteiger partial charge in [0.25, 0.3) is 0 Å². The van der Waals surface area contributed by atoms with Gasteiger partial charge in [-0.1, -0.05) is 15.9 Å². The first-order valence-electron chi connectivity index (χ1n) is 6.13. The van der Waals surface area contributed by atoms with Crippen LogP contribution in [0.3, 0.4) is 0 Å². The Morgan fingerprint density at radius 1 is 1.43 bits per heavy atom. The van der Waals surface area contributed by atoms with E-state index in [-0.39, 0.29) is 5.75 Å². The lowest BCUT2D eigenvalue weighted by Crippen LogP contribution is -2.38. The molecule has 0 heterocycles. The molecule has 21 heavy (non-hydrogen) atoms. The maximum Gasteiger partial charge on any atom is 0.329 e. The minimum atomic E-state index is -0.877. The van der Waals surface area contributed by atoms with Gasteiger partial charge in [-0.25, -0.2) is 5.43 Å².